The number of nitriles is 1. The molecular weight excluding hydrogens is 485 g/mol. The van der Waals surface area contributed by atoms with Crippen LogP contribution >= 0.6 is 0 Å². The van der Waals surface area contributed by atoms with E-state index in [1.54, 1.807) is 18.3 Å². The molecule has 4 heterocycles. The van der Waals surface area contributed by atoms with Gasteiger partial charge in [0.15, 0.2) is 0 Å². The van der Waals surface area contributed by atoms with Gasteiger partial charge in [-0.3, -0.25) is 4.79 Å². The first kappa shape index (κ1) is 27.6. The summed E-state index contributed by atoms with van der Waals surface area (Å²) in [5.41, 5.74) is 0.110. The molecular formula is C23H29F3N4O6. The first-order valence-electron chi connectivity index (χ1n) is 11.6. The first-order chi connectivity index (χ1) is 17.1. The van der Waals surface area contributed by atoms with E-state index in [0.29, 0.717) is 51.6 Å². The zero-order chi connectivity index (χ0) is 26.2. The van der Waals surface area contributed by atoms with Gasteiger partial charge in [-0.05, 0) is 37.8 Å². The molecule has 0 aromatic carbocycles. The van der Waals surface area contributed by atoms with Gasteiger partial charge in [-0.15, -0.1) is 0 Å². The fourth-order valence-corrected chi connectivity index (χ4v) is 4.34. The standard InChI is InChI=1S/C21H28N4O4.C2HF3O2/c22-11-16-1-2-19(23-12-16)24-13-18-3-6-21(29-18)14-25(7-10-28-15-21)20(26)17-4-8-27-9-5-17;3-2(4,5)1(6)7/h1-2,12,17-18H,3-10,13-15H2,(H,23,24);(H,6,7)/t18-,21-;/m0./s1. The van der Waals surface area contributed by atoms with Crippen molar-refractivity contribution in [2.45, 2.75) is 43.6 Å². The van der Waals surface area contributed by atoms with Crippen LogP contribution in [0.5, 0.6) is 0 Å². The number of carbonyl (C=O) groups excluding carboxylic acids is 1. The summed E-state index contributed by atoms with van der Waals surface area (Å²) in [5.74, 6) is -1.76. The molecule has 1 amide bonds. The number of rotatable bonds is 4. The van der Waals surface area contributed by atoms with E-state index in [2.05, 4.69) is 16.4 Å². The highest BCUT2D eigenvalue weighted by atomic mass is 19.4. The predicted octanol–water partition coefficient (Wildman–Crippen LogP) is 2.20. The average Bonchev–Trinajstić information content (AvgIpc) is 3.15. The number of halogens is 3. The van der Waals surface area contributed by atoms with Crippen LogP contribution in [0, 0.1) is 17.2 Å². The molecule has 0 aliphatic carbocycles. The number of carboxylic acids is 1. The van der Waals surface area contributed by atoms with Gasteiger partial charge >= 0.3 is 12.1 Å². The van der Waals surface area contributed by atoms with Crippen molar-refractivity contribution in [1.29, 1.82) is 5.26 Å². The van der Waals surface area contributed by atoms with Crippen molar-refractivity contribution in [2.24, 2.45) is 5.92 Å². The summed E-state index contributed by atoms with van der Waals surface area (Å²) in [6, 6.07) is 5.60. The van der Waals surface area contributed by atoms with Gasteiger partial charge in [0.05, 0.1) is 31.4 Å². The quantitative estimate of drug-likeness (QED) is 0.620. The van der Waals surface area contributed by atoms with Crippen LogP contribution < -0.4 is 5.32 Å². The second-order valence-corrected chi connectivity index (χ2v) is 8.89. The van der Waals surface area contributed by atoms with Crippen LogP contribution in [0.15, 0.2) is 18.3 Å². The molecule has 3 aliphatic rings. The number of carboxylic acid groups (broad SMARTS) is 1. The Bertz CT molecular complexity index is 933. The highest BCUT2D eigenvalue weighted by Gasteiger charge is 2.44. The molecule has 1 aromatic rings. The van der Waals surface area contributed by atoms with Gasteiger partial charge in [-0.25, -0.2) is 9.78 Å². The van der Waals surface area contributed by atoms with Gasteiger partial charge < -0.3 is 29.5 Å². The maximum absolute atomic E-state index is 13.0. The van der Waals surface area contributed by atoms with Crippen LogP contribution in [-0.2, 0) is 23.8 Å². The predicted molar refractivity (Wildman–Crippen MR) is 119 cm³/mol. The van der Waals surface area contributed by atoms with Gasteiger partial charge in [-0.1, -0.05) is 0 Å². The number of aliphatic carboxylic acids is 1. The van der Waals surface area contributed by atoms with E-state index in [1.165, 1.54) is 0 Å². The first-order valence-corrected chi connectivity index (χ1v) is 11.6. The van der Waals surface area contributed by atoms with E-state index in [1.807, 2.05) is 4.90 Å². The summed E-state index contributed by atoms with van der Waals surface area (Å²) < 4.78 is 49.4. The molecule has 3 fully saturated rings. The van der Waals surface area contributed by atoms with Crippen LogP contribution in [0.2, 0.25) is 0 Å². The summed E-state index contributed by atoms with van der Waals surface area (Å²) >= 11 is 0. The lowest BCUT2D eigenvalue weighted by Crippen LogP contribution is -2.49. The monoisotopic (exact) mass is 514 g/mol. The molecule has 3 aliphatic heterocycles. The van der Waals surface area contributed by atoms with Gasteiger partial charge in [0.1, 0.15) is 17.5 Å². The average molecular weight is 515 g/mol. The number of ether oxygens (including phenoxy) is 3. The highest BCUT2D eigenvalue weighted by molar-refractivity contribution is 5.79. The SMILES string of the molecule is N#Cc1ccc(NC[C@@H]2CC[C@]3(COCCN(C(=O)C4CCOCC4)C3)O2)nc1.O=C(O)C(F)(F)F. The molecule has 0 radical (unpaired) electrons. The minimum absolute atomic E-state index is 0.0363. The molecule has 1 spiro atoms. The Morgan fingerprint density at radius 2 is 1.94 bits per heavy atom. The van der Waals surface area contributed by atoms with Crippen molar-refractivity contribution in [3.05, 3.63) is 23.9 Å². The third kappa shape index (κ3) is 7.78. The highest BCUT2D eigenvalue weighted by Crippen LogP contribution is 2.34. The molecule has 2 atom stereocenters. The number of aromatic nitrogens is 1. The number of carbonyl (C=O) groups is 2. The van der Waals surface area contributed by atoms with Gasteiger partial charge in [0.2, 0.25) is 5.91 Å². The van der Waals surface area contributed by atoms with Crippen LogP contribution in [0.4, 0.5) is 19.0 Å². The van der Waals surface area contributed by atoms with E-state index < -0.39 is 17.7 Å². The van der Waals surface area contributed by atoms with Crippen molar-refractivity contribution >= 4 is 17.7 Å². The Labute approximate surface area is 206 Å². The van der Waals surface area contributed by atoms with Gasteiger partial charge in [-0.2, -0.15) is 18.4 Å². The molecule has 0 bridgehead atoms. The molecule has 13 heteroatoms. The molecule has 10 nitrogen and oxygen atoms in total. The number of alkyl halides is 3. The molecule has 2 N–H and O–H groups in total. The zero-order valence-corrected chi connectivity index (χ0v) is 19.6. The van der Waals surface area contributed by atoms with E-state index in [0.717, 1.165) is 31.5 Å². The van der Waals surface area contributed by atoms with Crippen molar-refractivity contribution in [2.75, 3.05) is 51.4 Å². The number of pyridine rings is 1. The Morgan fingerprint density at radius 3 is 2.56 bits per heavy atom. The molecule has 4 rings (SSSR count). The lowest BCUT2D eigenvalue weighted by atomic mass is 9.96. The van der Waals surface area contributed by atoms with Crippen LogP contribution in [-0.4, -0.2) is 90.8 Å². The number of anilines is 1. The smallest absolute Gasteiger partial charge is 0.475 e. The van der Waals surface area contributed by atoms with E-state index in [4.69, 9.17) is 29.4 Å². The minimum Gasteiger partial charge on any atom is -0.475 e. The summed E-state index contributed by atoms with van der Waals surface area (Å²) in [7, 11) is 0. The Hall–Kier alpha value is -2.95. The molecule has 198 valence electrons. The lowest BCUT2D eigenvalue weighted by molar-refractivity contribution is -0.192. The van der Waals surface area contributed by atoms with E-state index >= 15 is 0 Å². The van der Waals surface area contributed by atoms with Crippen LogP contribution in [0.25, 0.3) is 0 Å². The third-order valence-corrected chi connectivity index (χ3v) is 6.22. The van der Waals surface area contributed by atoms with Crippen LogP contribution in [0.1, 0.15) is 31.2 Å². The zero-order valence-electron chi connectivity index (χ0n) is 19.6. The number of nitrogens with zero attached hydrogens (tertiary/aromatic N) is 3. The van der Waals surface area contributed by atoms with E-state index in [-0.39, 0.29) is 17.9 Å². The number of nitrogens with one attached hydrogen (secondary N) is 1. The Balaban J connectivity index is 0.000000454. The number of hydrogen-bond donors (Lipinski definition) is 2. The molecule has 3 saturated heterocycles. The maximum Gasteiger partial charge on any atom is 0.490 e. The number of amides is 1. The fraction of sp³-hybridized carbons (Fsp3) is 0.652. The lowest BCUT2D eigenvalue weighted by Gasteiger charge is -2.34. The topological polar surface area (TPSA) is 134 Å². The van der Waals surface area contributed by atoms with Gasteiger partial charge in [0, 0.05) is 38.4 Å². The van der Waals surface area contributed by atoms with Crippen molar-refractivity contribution in [3.8, 4) is 6.07 Å². The maximum atomic E-state index is 13.0. The Kier molecular flexibility index (Phi) is 9.47. The molecule has 0 unspecified atom stereocenters. The summed E-state index contributed by atoms with van der Waals surface area (Å²) in [6.45, 7) is 4.26. The minimum atomic E-state index is -5.08. The fourth-order valence-electron chi connectivity index (χ4n) is 4.34. The third-order valence-electron chi connectivity index (χ3n) is 6.22. The second kappa shape index (κ2) is 12.3. The second-order valence-electron chi connectivity index (χ2n) is 8.89. The summed E-state index contributed by atoms with van der Waals surface area (Å²) in [5, 5.41) is 19.3. The largest absolute Gasteiger partial charge is 0.490 e. The Morgan fingerprint density at radius 1 is 1.22 bits per heavy atom. The van der Waals surface area contributed by atoms with Gasteiger partial charge in [0.25, 0.3) is 0 Å². The van der Waals surface area contributed by atoms with Crippen LogP contribution in [0.3, 0.4) is 0 Å². The summed E-state index contributed by atoms with van der Waals surface area (Å²) in [4.78, 5) is 28.1. The normalized spacial score (nSPS) is 24.8. The van der Waals surface area contributed by atoms with E-state index in [9.17, 15) is 18.0 Å². The summed E-state index contributed by atoms with van der Waals surface area (Å²) in [6.07, 6.45) is -0.112. The molecule has 36 heavy (non-hydrogen) atoms. The van der Waals surface area contributed by atoms with Crippen molar-refractivity contribution in [1.82, 2.24) is 9.88 Å². The van der Waals surface area contributed by atoms with Crippen molar-refractivity contribution in [3.63, 3.8) is 0 Å². The van der Waals surface area contributed by atoms with Crippen molar-refractivity contribution < 1.29 is 42.1 Å². The number of hydrogen-bond acceptors (Lipinski definition) is 8. The molecule has 0 saturated carbocycles. The molecule has 1 aromatic heterocycles.